The Hall–Kier alpha value is -2.54. The van der Waals surface area contributed by atoms with E-state index in [1.807, 2.05) is 0 Å². The second-order valence-corrected chi connectivity index (χ2v) is 6.11. The number of nitrogens with zero attached hydrogens (tertiary/aromatic N) is 2. The van der Waals surface area contributed by atoms with Crippen LogP contribution in [0.4, 0.5) is 19.3 Å². The van der Waals surface area contributed by atoms with E-state index in [4.69, 9.17) is 0 Å². The van der Waals surface area contributed by atoms with Crippen molar-refractivity contribution in [2.75, 3.05) is 25.5 Å². The molecule has 1 saturated heterocycles. The van der Waals surface area contributed by atoms with Crippen LogP contribution in [0.25, 0.3) is 11.3 Å². The third-order valence-electron chi connectivity index (χ3n) is 4.35. The van der Waals surface area contributed by atoms with Crippen LogP contribution < -0.4 is 10.6 Å². The maximum absolute atomic E-state index is 13.3. The Labute approximate surface area is 145 Å². The number of carbonyl (C=O) groups excluding carboxylic acids is 1. The number of nitrogens with one attached hydrogen (secondary N) is 2. The summed E-state index contributed by atoms with van der Waals surface area (Å²) in [6, 6.07) is 6.55. The van der Waals surface area contributed by atoms with Gasteiger partial charge in [0.05, 0.1) is 17.6 Å². The predicted molar refractivity (Wildman–Crippen MR) is 92.3 cm³/mol. The van der Waals surface area contributed by atoms with Crippen LogP contribution in [0.3, 0.4) is 0 Å². The van der Waals surface area contributed by atoms with Gasteiger partial charge in [0.2, 0.25) is 0 Å². The van der Waals surface area contributed by atoms with E-state index >= 15 is 0 Å². The lowest BCUT2D eigenvalue weighted by molar-refractivity contribution is 0.189. The molecule has 1 aromatic carbocycles. The summed E-state index contributed by atoms with van der Waals surface area (Å²) in [7, 11) is 1.78. The maximum Gasteiger partial charge on any atom is 0.321 e. The van der Waals surface area contributed by atoms with E-state index in [0.29, 0.717) is 16.9 Å². The number of benzene rings is 1. The fourth-order valence-electron chi connectivity index (χ4n) is 2.91. The summed E-state index contributed by atoms with van der Waals surface area (Å²) in [5.41, 5.74) is 1.32. The summed E-state index contributed by atoms with van der Waals surface area (Å²) in [6.07, 6.45) is 3.32. The van der Waals surface area contributed by atoms with Gasteiger partial charge in [-0.3, -0.25) is 4.98 Å². The smallest absolute Gasteiger partial charge is 0.321 e. The molecule has 132 valence electrons. The Kier molecular flexibility index (Phi) is 5.23. The molecule has 0 saturated carbocycles. The first-order valence-corrected chi connectivity index (χ1v) is 8.20. The van der Waals surface area contributed by atoms with Gasteiger partial charge in [0.25, 0.3) is 0 Å². The summed E-state index contributed by atoms with van der Waals surface area (Å²) in [6.45, 7) is 1.81. The van der Waals surface area contributed by atoms with E-state index in [-0.39, 0.29) is 12.1 Å². The van der Waals surface area contributed by atoms with Crippen molar-refractivity contribution in [2.45, 2.75) is 18.9 Å². The summed E-state index contributed by atoms with van der Waals surface area (Å²) < 4.78 is 26.6. The number of halogens is 2. The lowest BCUT2D eigenvalue weighted by atomic mass is 10.1. The number of aromatic nitrogens is 1. The highest BCUT2D eigenvalue weighted by atomic mass is 19.1. The highest BCUT2D eigenvalue weighted by Crippen LogP contribution is 2.21. The van der Waals surface area contributed by atoms with Gasteiger partial charge in [0.15, 0.2) is 0 Å². The standard InChI is InChI=1S/C18H20F2N4O/c1-24(16-4-6-21-7-5-16)18(25)23-15-2-3-17(22-11-15)12-8-13(19)10-14(20)9-12/h2-3,8-11,16,21H,4-7H2,1H3,(H,23,25). The van der Waals surface area contributed by atoms with E-state index in [9.17, 15) is 13.6 Å². The second-order valence-electron chi connectivity index (χ2n) is 6.11. The van der Waals surface area contributed by atoms with Crippen molar-refractivity contribution < 1.29 is 13.6 Å². The molecule has 2 aromatic rings. The normalized spacial score (nSPS) is 15.0. The zero-order valence-electron chi connectivity index (χ0n) is 13.9. The van der Waals surface area contributed by atoms with Crippen LogP contribution in [0.1, 0.15) is 12.8 Å². The Balaban J connectivity index is 1.66. The minimum Gasteiger partial charge on any atom is -0.325 e. The maximum atomic E-state index is 13.3. The monoisotopic (exact) mass is 346 g/mol. The van der Waals surface area contributed by atoms with Crippen molar-refractivity contribution in [3.8, 4) is 11.3 Å². The quantitative estimate of drug-likeness (QED) is 0.897. The van der Waals surface area contributed by atoms with Gasteiger partial charge in [-0.15, -0.1) is 0 Å². The first-order valence-electron chi connectivity index (χ1n) is 8.20. The Morgan fingerprint density at radius 1 is 1.20 bits per heavy atom. The van der Waals surface area contributed by atoms with Gasteiger partial charge in [-0.25, -0.2) is 13.6 Å². The number of piperidine rings is 1. The number of hydrogen-bond donors (Lipinski definition) is 2. The zero-order chi connectivity index (χ0) is 17.8. The van der Waals surface area contributed by atoms with Gasteiger partial charge < -0.3 is 15.5 Å². The Morgan fingerprint density at radius 3 is 2.48 bits per heavy atom. The molecule has 0 aliphatic carbocycles. The van der Waals surface area contributed by atoms with Crippen LogP contribution >= 0.6 is 0 Å². The van der Waals surface area contributed by atoms with E-state index in [2.05, 4.69) is 15.6 Å². The highest BCUT2D eigenvalue weighted by Gasteiger charge is 2.21. The van der Waals surface area contributed by atoms with Crippen LogP contribution in [0, 0.1) is 11.6 Å². The van der Waals surface area contributed by atoms with Crippen molar-refractivity contribution in [3.63, 3.8) is 0 Å². The minimum absolute atomic E-state index is 0.196. The molecule has 0 bridgehead atoms. The van der Waals surface area contributed by atoms with Crippen LogP contribution in [-0.2, 0) is 0 Å². The molecular weight excluding hydrogens is 326 g/mol. The lowest BCUT2D eigenvalue weighted by Gasteiger charge is -2.31. The zero-order valence-corrected chi connectivity index (χ0v) is 13.9. The summed E-state index contributed by atoms with van der Waals surface area (Å²) in [4.78, 5) is 18.2. The molecule has 2 N–H and O–H groups in total. The van der Waals surface area contributed by atoms with Gasteiger partial charge in [-0.05, 0) is 50.2 Å². The molecule has 2 amide bonds. The van der Waals surface area contributed by atoms with Gasteiger partial charge >= 0.3 is 6.03 Å². The van der Waals surface area contributed by atoms with E-state index in [1.54, 1.807) is 24.1 Å². The van der Waals surface area contributed by atoms with Crippen molar-refractivity contribution in [1.82, 2.24) is 15.2 Å². The van der Waals surface area contributed by atoms with Gasteiger partial charge in [-0.1, -0.05) is 0 Å². The number of hydrogen-bond acceptors (Lipinski definition) is 3. The van der Waals surface area contributed by atoms with Crippen molar-refractivity contribution >= 4 is 11.7 Å². The minimum atomic E-state index is -0.655. The van der Waals surface area contributed by atoms with Gasteiger partial charge in [0, 0.05) is 24.7 Å². The lowest BCUT2D eigenvalue weighted by Crippen LogP contribution is -2.45. The fraction of sp³-hybridized carbons (Fsp3) is 0.333. The van der Waals surface area contributed by atoms with E-state index < -0.39 is 11.6 Å². The molecular formula is C18H20F2N4O. The van der Waals surface area contributed by atoms with E-state index in [0.717, 1.165) is 32.0 Å². The predicted octanol–water partition coefficient (Wildman–Crippen LogP) is 3.24. The third-order valence-corrected chi connectivity index (χ3v) is 4.35. The molecule has 0 unspecified atom stereocenters. The first kappa shape index (κ1) is 17.3. The molecule has 1 aliphatic heterocycles. The van der Waals surface area contributed by atoms with Crippen LogP contribution in [-0.4, -0.2) is 42.1 Å². The largest absolute Gasteiger partial charge is 0.325 e. The molecule has 25 heavy (non-hydrogen) atoms. The van der Waals surface area contributed by atoms with Crippen LogP contribution in [0.15, 0.2) is 36.5 Å². The molecule has 0 atom stereocenters. The summed E-state index contributed by atoms with van der Waals surface area (Å²) in [5, 5.41) is 6.06. The average molecular weight is 346 g/mol. The van der Waals surface area contributed by atoms with Gasteiger partial charge in [-0.2, -0.15) is 0 Å². The van der Waals surface area contributed by atoms with Crippen LogP contribution in [0.2, 0.25) is 0 Å². The summed E-state index contributed by atoms with van der Waals surface area (Å²) >= 11 is 0. The van der Waals surface area contributed by atoms with Gasteiger partial charge in [0.1, 0.15) is 11.6 Å². The molecule has 1 fully saturated rings. The first-order chi connectivity index (χ1) is 12.0. The number of anilines is 1. The number of pyridine rings is 1. The Bertz CT molecular complexity index is 725. The average Bonchev–Trinajstić information content (AvgIpc) is 2.61. The SMILES string of the molecule is CN(C(=O)Nc1ccc(-c2cc(F)cc(F)c2)nc1)C1CCNCC1. The van der Waals surface area contributed by atoms with Crippen molar-refractivity contribution in [3.05, 3.63) is 48.2 Å². The molecule has 7 heteroatoms. The van der Waals surface area contributed by atoms with Crippen molar-refractivity contribution in [2.24, 2.45) is 0 Å². The number of rotatable bonds is 3. The third kappa shape index (κ3) is 4.30. The highest BCUT2D eigenvalue weighted by molar-refractivity contribution is 5.89. The van der Waals surface area contributed by atoms with Crippen molar-refractivity contribution in [1.29, 1.82) is 0 Å². The molecule has 3 rings (SSSR count). The second kappa shape index (κ2) is 7.57. The number of urea groups is 1. The molecule has 1 aliphatic rings. The number of carbonyl (C=O) groups is 1. The fourth-order valence-corrected chi connectivity index (χ4v) is 2.91. The number of amides is 2. The van der Waals surface area contributed by atoms with Crippen LogP contribution in [0.5, 0.6) is 0 Å². The molecule has 1 aromatic heterocycles. The van der Waals surface area contributed by atoms with E-state index in [1.165, 1.54) is 18.3 Å². The summed E-state index contributed by atoms with van der Waals surface area (Å²) in [5.74, 6) is -1.31. The molecule has 2 heterocycles. The molecule has 0 radical (unpaired) electrons. The Morgan fingerprint density at radius 2 is 1.88 bits per heavy atom. The molecule has 5 nitrogen and oxygen atoms in total. The molecule has 0 spiro atoms. The topological polar surface area (TPSA) is 57.3 Å².